The van der Waals surface area contributed by atoms with Gasteiger partial charge in [-0.25, -0.2) is 4.79 Å². The molecule has 0 saturated carbocycles. The van der Waals surface area contributed by atoms with Gasteiger partial charge in [-0.3, -0.25) is 4.90 Å². The quantitative estimate of drug-likeness (QED) is 0.831. The number of nitrogens with one attached hydrogen (secondary N) is 2. The second-order valence-electron chi connectivity index (χ2n) is 6.67. The lowest BCUT2D eigenvalue weighted by Gasteiger charge is -2.35. The van der Waals surface area contributed by atoms with Crippen LogP contribution in [0.25, 0.3) is 0 Å². The molecule has 1 aliphatic rings. The molecule has 1 heterocycles. The summed E-state index contributed by atoms with van der Waals surface area (Å²) < 4.78 is 5.78. The molecule has 2 amide bonds. The molecular formula is C19H28N4O2. The van der Waals surface area contributed by atoms with E-state index in [-0.39, 0.29) is 24.3 Å². The average Bonchev–Trinajstić information content (AvgIpc) is 2.55. The highest BCUT2D eigenvalue weighted by atomic mass is 16.5. The lowest BCUT2D eigenvalue weighted by atomic mass is 10.1. The molecule has 3 atom stereocenters. The van der Waals surface area contributed by atoms with Crippen molar-refractivity contribution in [2.75, 3.05) is 18.4 Å². The number of anilines is 1. The SMILES string of the molecule is CC[C@H](CC#N)NC(=O)Nc1ccccc1CN1C[C@@H](C)O[C@H](C)C1. The van der Waals surface area contributed by atoms with Crippen molar-refractivity contribution in [1.82, 2.24) is 10.2 Å². The normalized spacial score (nSPS) is 22.0. The van der Waals surface area contributed by atoms with Gasteiger partial charge in [0.25, 0.3) is 0 Å². The molecule has 0 unspecified atom stereocenters. The molecule has 0 bridgehead atoms. The molecule has 1 saturated heterocycles. The number of para-hydroxylation sites is 1. The van der Waals surface area contributed by atoms with Crippen LogP contribution in [0.2, 0.25) is 0 Å². The lowest BCUT2D eigenvalue weighted by molar-refractivity contribution is -0.0704. The zero-order valence-corrected chi connectivity index (χ0v) is 15.3. The summed E-state index contributed by atoms with van der Waals surface area (Å²) in [5.41, 5.74) is 1.88. The number of benzene rings is 1. The molecule has 0 spiro atoms. The minimum Gasteiger partial charge on any atom is -0.373 e. The highest BCUT2D eigenvalue weighted by molar-refractivity contribution is 5.90. The Kier molecular flexibility index (Phi) is 7.23. The van der Waals surface area contributed by atoms with Gasteiger partial charge in [0.05, 0.1) is 24.7 Å². The van der Waals surface area contributed by atoms with Crippen molar-refractivity contribution in [3.8, 4) is 6.07 Å². The van der Waals surface area contributed by atoms with E-state index in [2.05, 4.69) is 35.5 Å². The molecule has 1 aromatic carbocycles. The molecule has 1 fully saturated rings. The Bertz CT molecular complexity index is 604. The van der Waals surface area contributed by atoms with Crippen LogP contribution in [0.3, 0.4) is 0 Å². The molecule has 0 aliphatic carbocycles. The first-order valence-electron chi connectivity index (χ1n) is 8.92. The van der Waals surface area contributed by atoms with Gasteiger partial charge in [0.2, 0.25) is 0 Å². The second kappa shape index (κ2) is 9.40. The van der Waals surface area contributed by atoms with Crippen LogP contribution in [-0.2, 0) is 11.3 Å². The molecule has 2 rings (SSSR count). The first-order valence-corrected chi connectivity index (χ1v) is 8.92. The van der Waals surface area contributed by atoms with Gasteiger partial charge in [-0.1, -0.05) is 25.1 Å². The maximum Gasteiger partial charge on any atom is 0.319 e. The van der Waals surface area contributed by atoms with Gasteiger partial charge in [-0.15, -0.1) is 0 Å². The Balaban J connectivity index is 2.00. The van der Waals surface area contributed by atoms with Crippen molar-refractivity contribution in [2.24, 2.45) is 0 Å². The second-order valence-corrected chi connectivity index (χ2v) is 6.67. The number of urea groups is 1. The summed E-state index contributed by atoms with van der Waals surface area (Å²) in [7, 11) is 0. The van der Waals surface area contributed by atoms with Crippen LogP contribution in [0.5, 0.6) is 0 Å². The van der Waals surface area contributed by atoms with Crippen molar-refractivity contribution in [3.63, 3.8) is 0 Å². The van der Waals surface area contributed by atoms with Gasteiger partial charge < -0.3 is 15.4 Å². The number of nitriles is 1. The Labute approximate surface area is 150 Å². The van der Waals surface area contributed by atoms with Crippen LogP contribution in [0.4, 0.5) is 10.5 Å². The summed E-state index contributed by atoms with van der Waals surface area (Å²) in [6.07, 6.45) is 1.47. The van der Waals surface area contributed by atoms with E-state index in [0.29, 0.717) is 6.42 Å². The molecule has 25 heavy (non-hydrogen) atoms. The number of carbonyl (C=O) groups excluding carboxylic acids is 1. The fourth-order valence-corrected chi connectivity index (χ4v) is 3.19. The molecule has 0 radical (unpaired) electrons. The van der Waals surface area contributed by atoms with Gasteiger partial charge in [0, 0.05) is 31.4 Å². The minimum absolute atomic E-state index is 0.127. The van der Waals surface area contributed by atoms with E-state index in [0.717, 1.165) is 37.3 Å². The van der Waals surface area contributed by atoms with Crippen LogP contribution < -0.4 is 10.6 Å². The van der Waals surface area contributed by atoms with Gasteiger partial charge in [0.15, 0.2) is 0 Å². The van der Waals surface area contributed by atoms with Crippen LogP contribution >= 0.6 is 0 Å². The van der Waals surface area contributed by atoms with Crippen molar-refractivity contribution >= 4 is 11.7 Å². The number of hydrogen-bond donors (Lipinski definition) is 2. The predicted molar refractivity (Wildman–Crippen MR) is 98.2 cm³/mol. The Morgan fingerprint density at radius 2 is 2.04 bits per heavy atom. The van der Waals surface area contributed by atoms with Crippen LogP contribution in [0, 0.1) is 11.3 Å². The zero-order valence-electron chi connectivity index (χ0n) is 15.3. The Morgan fingerprint density at radius 3 is 2.68 bits per heavy atom. The summed E-state index contributed by atoms with van der Waals surface area (Å²) in [5, 5.41) is 14.6. The zero-order chi connectivity index (χ0) is 18.2. The fourth-order valence-electron chi connectivity index (χ4n) is 3.19. The largest absolute Gasteiger partial charge is 0.373 e. The smallest absolute Gasteiger partial charge is 0.319 e. The van der Waals surface area contributed by atoms with Crippen molar-refractivity contribution in [3.05, 3.63) is 29.8 Å². The van der Waals surface area contributed by atoms with Crippen molar-refractivity contribution in [2.45, 2.75) is 58.4 Å². The summed E-state index contributed by atoms with van der Waals surface area (Å²) in [6, 6.07) is 9.55. The predicted octanol–water partition coefficient (Wildman–Crippen LogP) is 3.11. The summed E-state index contributed by atoms with van der Waals surface area (Å²) >= 11 is 0. The third-order valence-corrected chi connectivity index (χ3v) is 4.32. The summed E-state index contributed by atoms with van der Waals surface area (Å²) in [5.74, 6) is 0. The lowest BCUT2D eigenvalue weighted by Crippen LogP contribution is -2.45. The van der Waals surface area contributed by atoms with Crippen LogP contribution in [0.15, 0.2) is 24.3 Å². The van der Waals surface area contributed by atoms with Gasteiger partial charge in [-0.05, 0) is 31.9 Å². The molecular weight excluding hydrogens is 316 g/mol. The van der Waals surface area contributed by atoms with E-state index >= 15 is 0 Å². The van der Waals surface area contributed by atoms with Gasteiger partial charge in [0.1, 0.15) is 0 Å². The Hall–Kier alpha value is -2.10. The number of nitrogens with zero attached hydrogens (tertiary/aromatic N) is 2. The molecule has 0 aromatic heterocycles. The minimum atomic E-state index is -0.265. The first-order chi connectivity index (χ1) is 12.0. The molecule has 1 aliphatic heterocycles. The summed E-state index contributed by atoms with van der Waals surface area (Å²) in [6.45, 7) is 8.65. The van der Waals surface area contributed by atoms with E-state index in [1.54, 1.807) is 0 Å². The number of hydrogen-bond acceptors (Lipinski definition) is 4. The highest BCUT2D eigenvalue weighted by Crippen LogP contribution is 2.20. The topological polar surface area (TPSA) is 77.4 Å². The van der Waals surface area contributed by atoms with Crippen LogP contribution in [0.1, 0.15) is 39.2 Å². The molecule has 6 heteroatoms. The third-order valence-electron chi connectivity index (χ3n) is 4.32. The van der Waals surface area contributed by atoms with E-state index < -0.39 is 0 Å². The number of morpholine rings is 1. The van der Waals surface area contributed by atoms with E-state index in [4.69, 9.17) is 10.00 Å². The standard InChI is InChI=1S/C19H28N4O2/c1-4-17(9-10-20)21-19(24)22-18-8-6-5-7-16(18)13-23-11-14(2)25-15(3)12-23/h5-8,14-15,17H,4,9,11-13H2,1-3H3,(H2,21,22,24)/t14-,15-,17-/m1/s1. The summed E-state index contributed by atoms with van der Waals surface area (Å²) in [4.78, 5) is 14.6. The fraction of sp³-hybridized carbons (Fsp3) is 0.579. The van der Waals surface area contributed by atoms with Crippen LogP contribution in [-0.4, -0.2) is 42.3 Å². The Morgan fingerprint density at radius 1 is 1.36 bits per heavy atom. The number of rotatable bonds is 6. The first kappa shape index (κ1) is 19.2. The average molecular weight is 344 g/mol. The monoisotopic (exact) mass is 344 g/mol. The molecule has 136 valence electrons. The maximum absolute atomic E-state index is 12.2. The molecule has 6 nitrogen and oxygen atoms in total. The number of ether oxygens (including phenoxy) is 1. The third kappa shape index (κ3) is 6.04. The van der Waals surface area contributed by atoms with Crippen molar-refractivity contribution < 1.29 is 9.53 Å². The van der Waals surface area contributed by atoms with Gasteiger partial charge in [-0.2, -0.15) is 5.26 Å². The van der Waals surface area contributed by atoms with Crippen molar-refractivity contribution in [1.29, 1.82) is 5.26 Å². The highest BCUT2D eigenvalue weighted by Gasteiger charge is 2.23. The van der Waals surface area contributed by atoms with E-state index in [1.165, 1.54) is 0 Å². The van der Waals surface area contributed by atoms with E-state index in [9.17, 15) is 4.79 Å². The number of carbonyl (C=O) groups is 1. The van der Waals surface area contributed by atoms with E-state index in [1.807, 2.05) is 31.2 Å². The molecule has 2 N–H and O–H groups in total. The number of amides is 2. The maximum atomic E-state index is 12.2. The van der Waals surface area contributed by atoms with Gasteiger partial charge >= 0.3 is 6.03 Å². The molecule has 1 aromatic rings.